The van der Waals surface area contributed by atoms with Crippen molar-refractivity contribution in [2.45, 2.75) is 51.9 Å². The first-order chi connectivity index (χ1) is 16.0. The van der Waals surface area contributed by atoms with E-state index in [0.717, 1.165) is 22.2 Å². The van der Waals surface area contributed by atoms with Crippen LogP contribution in [-0.4, -0.2) is 48.7 Å². The van der Waals surface area contributed by atoms with E-state index in [1.807, 2.05) is 25.1 Å². The summed E-state index contributed by atoms with van der Waals surface area (Å²) in [5.41, 5.74) is 6.41. The highest BCUT2D eigenvalue weighted by atomic mass is 32.2. The number of ether oxygens (including phenoxy) is 1. The van der Waals surface area contributed by atoms with Gasteiger partial charge in [0.05, 0.1) is 10.8 Å². The Bertz CT molecular complexity index is 1330. The zero-order valence-corrected chi connectivity index (χ0v) is 20.9. The van der Waals surface area contributed by atoms with Gasteiger partial charge in [-0.3, -0.25) is 9.78 Å². The standard InChI is InChI=1S/C26H31N3O4S/c1-16-7-5-8-17(2)25(16)23-13-18(3)28-24-14-20(10-11-22(23)24)33-19(4)26(30)29-12-6-9-21(15-29)34(27,31)32/h5,7-8,10-11,13-14,19,21H,6,9,12,15H2,1-4H3,(H2,27,31,32)/t19-,21+/m1/s1. The second kappa shape index (κ2) is 9.35. The Morgan fingerprint density at radius 3 is 2.53 bits per heavy atom. The van der Waals surface area contributed by atoms with Gasteiger partial charge in [0.2, 0.25) is 10.0 Å². The number of nitrogens with zero attached hydrogens (tertiary/aromatic N) is 2. The minimum Gasteiger partial charge on any atom is -0.481 e. The van der Waals surface area contributed by atoms with Crippen LogP contribution < -0.4 is 9.88 Å². The summed E-state index contributed by atoms with van der Waals surface area (Å²) in [6.07, 6.45) is 0.301. The molecule has 2 atom stereocenters. The maximum Gasteiger partial charge on any atom is 0.263 e. The van der Waals surface area contributed by atoms with E-state index in [0.29, 0.717) is 25.1 Å². The van der Waals surface area contributed by atoms with Crippen LogP contribution in [0.4, 0.5) is 0 Å². The van der Waals surface area contributed by atoms with Crippen LogP contribution in [0.15, 0.2) is 42.5 Å². The number of aryl methyl sites for hydroxylation is 3. The number of primary sulfonamides is 1. The molecule has 1 amide bonds. The third-order valence-electron chi connectivity index (χ3n) is 6.47. The number of likely N-dealkylation sites (tertiary alicyclic amines) is 1. The molecule has 2 heterocycles. The van der Waals surface area contributed by atoms with Crippen LogP contribution >= 0.6 is 0 Å². The molecule has 0 aliphatic carbocycles. The van der Waals surface area contributed by atoms with Crippen molar-refractivity contribution >= 4 is 26.8 Å². The minimum atomic E-state index is -3.68. The molecule has 7 nitrogen and oxygen atoms in total. The Balaban J connectivity index is 1.59. The van der Waals surface area contributed by atoms with Crippen LogP contribution in [0.1, 0.15) is 36.6 Å². The fourth-order valence-corrected chi connectivity index (χ4v) is 5.66. The third-order valence-corrected chi connectivity index (χ3v) is 7.79. The van der Waals surface area contributed by atoms with E-state index in [1.54, 1.807) is 6.92 Å². The first-order valence-corrected chi connectivity index (χ1v) is 13.1. The SMILES string of the molecule is Cc1cc(-c2c(C)cccc2C)c2ccc(O[C@H](C)C(=O)N3CCC[C@H](S(N)(=O)=O)C3)cc2n1. The Labute approximate surface area is 201 Å². The molecule has 2 aromatic carbocycles. The Morgan fingerprint density at radius 1 is 1.15 bits per heavy atom. The highest BCUT2D eigenvalue weighted by Gasteiger charge is 2.32. The van der Waals surface area contributed by atoms with E-state index >= 15 is 0 Å². The third kappa shape index (κ3) is 4.93. The molecule has 1 fully saturated rings. The van der Waals surface area contributed by atoms with Crippen LogP contribution in [-0.2, 0) is 14.8 Å². The van der Waals surface area contributed by atoms with Gasteiger partial charge in [-0.1, -0.05) is 18.2 Å². The number of fused-ring (bicyclic) bond motifs is 1. The average Bonchev–Trinajstić information content (AvgIpc) is 2.77. The summed E-state index contributed by atoms with van der Waals surface area (Å²) < 4.78 is 29.5. The predicted molar refractivity (Wildman–Crippen MR) is 134 cm³/mol. The topological polar surface area (TPSA) is 103 Å². The molecule has 180 valence electrons. The summed E-state index contributed by atoms with van der Waals surface area (Å²) in [7, 11) is -3.68. The van der Waals surface area contributed by atoms with Gasteiger partial charge in [0.25, 0.3) is 5.91 Å². The van der Waals surface area contributed by atoms with E-state index in [9.17, 15) is 13.2 Å². The largest absolute Gasteiger partial charge is 0.481 e. The van der Waals surface area contributed by atoms with E-state index in [2.05, 4.69) is 38.1 Å². The molecule has 1 saturated heterocycles. The smallest absolute Gasteiger partial charge is 0.263 e. The van der Waals surface area contributed by atoms with Gasteiger partial charge in [0.15, 0.2) is 6.10 Å². The molecule has 1 aliphatic heterocycles. The van der Waals surface area contributed by atoms with E-state index in [-0.39, 0.29) is 12.5 Å². The van der Waals surface area contributed by atoms with E-state index in [4.69, 9.17) is 14.9 Å². The maximum atomic E-state index is 13.0. The maximum absolute atomic E-state index is 13.0. The molecule has 0 unspecified atom stereocenters. The first kappa shape index (κ1) is 24.2. The first-order valence-electron chi connectivity index (χ1n) is 11.5. The zero-order chi connectivity index (χ0) is 24.6. The molecule has 0 radical (unpaired) electrons. The van der Waals surface area contributed by atoms with Crippen molar-refractivity contribution in [3.63, 3.8) is 0 Å². The number of carbonyl (C=O) groups is 1. The van der Waals surface area contributed by atoms with Gasteiger partial charge in [0.1, 0.15) is 5.75 Å². The molecule has 0 spiro atoms. The summed E-state index contributed by atoms with van der Waals surface area (Å²) in [6, 6.07) is 14.1. The van der Waals surface area contributed by atoms with Gasteiger partial charge >= 0.3 is 0 Å². The molecule has 34 heavy (non-hydrogen) atoms. The summed E-state index contributed by atoms with van der Waals surface area (Å²) >= 11 is 0. The number of rotatable bonds is 5. The van der Waals surface area contributed by atoms with Crippen molar-refractivity contribution in [3.8, 4) is 16.9 Å². The van der Waals surface area contributed by atoms with Gasteiger partial charge in [-0.25, -0.2) is 13.6 Å². The van der Waals surface area contributed by atoms with Gasteiger partial charge in [-0.2, -0.15) is 0 Å². The second-order valence-corrected chi connectivity index (χ2v) is 11.0. The average molecular weight is 482 g/mol. The molecule has 0 saturated carbocycles. The molecule has 1 aliphatic rings. The number of hydrogen-bond acceptors (Lipinski definition) is 5. The monoisotopic (exact) mass is 481 g/mol. The molecule has 1 aromatic heterocycles. The normalized spacial score (nSPS) is 17.6. The lowest BCUT2D eigenvalue weighted by molar-refractivity contribution is -0.138. The van der Waals surface area contributed by atoms with Gasteiger partial charge in [0, 0.05) is 30.2 Å². The summed E-state index contributed by atoms with van der Waals surface area (Å²) in [5, 5.41) is 5.59. The van der Waals surface area contributed by atoms with Crippen LogP contribution in [0, 0.1) is 20.8 Å². The van der Waals surface area contributed by atoms with Crippen molar-refractivity contribution < 1.29 is 17.9 Å². The quantitative estimate of drug-likeness (QED) is 0.596. The summed E-state index contributed by atoms with van der Waals surface area (Å²) in [6.45, 7) is 8.46. The van der Waals surface area contributed by atoms with Crippen molar-refractivity contribution in [1.29, 1.82) is 0 Å². The number of pyridine rings is 1. The number of benzene rings is 2. The minimum absolute atomic E-state index is 0.100. The highest BCUT2D eigenvalue weighted by Crippen LogP contribution is 2.34. The van der Waals surface area contributed by atoms with Crippen LogP contribution in [0.3, 0.4) is 0 Å². The van der Waals surface area contributed by atoms with Crippen LogP contribution in [0.2, 0.25) is 0 Å². The zero-order valence-electron chi connectivity index (χ0n) is 20.0. The predicted octanol–water partition coefficient (Wildman–Crippen LogP) is 3.87. The number of nitrogens with two attached hydrogens (primary N) is 1. The van der Waals surface area contributed by atoms with Gasteiger partial charge in [-0.15, -0.1) is 0 Å². The van der Waals surface area contributed by atoms with Gasteiger partial charge in [-0.05, 0) is 81.0 Å². The van der Waals surface area contributed by atoms with Crippen molar-refractivity contribution in [3.05, 3.63) is 59.3 Å². The summed E-state index contributed by atoms with van der Waals surface area (Å²) in [5.74, 6) is 0.292. The fraction of sp³-hybridized carbons (Fsp3) is 0.385. The lowest BCUT2D eigenvalue weighted by Gasteiger charge is -2.33. The molecular weight excluding hydrogens is 450 g/mol. The van der Waals surface area contributed by atoms with Crippen molar-refractivity contribution in [2.75, 3.05) is 13.1 Å². The van der Waals surface area contributed by atoms with E-state index < -0.39 is 21.4 Å². The molecule has 2 N–H and O–H groups in total. The molecule has 0 bridgehead atoms. The van der Waals surface area contributed by atoms with Crippen molar-refractivity contribution in [1.82, 2.24) is 9.88 Å². The number of aromatic nitrogens is 1. The number of amides is 1. The highest BCUT2D eigenvalue weighted by molar-refractivity contribution is 7.89. The Kier molecular flexibility index (Phi) is 6.64. The van der Waals surface area contributed by atoms with E-state index in [1.165, 1.54) is 21.6 Å². The Morgan fingerprint density at radius 2 is 1.85 bits per heavy atom. The lowest BCUT2D eigenvalue weighted by Crippen LogP contribution is -2.50. The molecule has 4 rings (SSSR count). The number of carbonyl (C=O) groups excluding carboxylic acids is 1. The number of piperidine rings is 1. The molecule has 8 heteroatoms. The van der Waals surface area contributed by atoms with Crippen molar-refractivity contribution in [2.24, 2.45) is 5.14 Å². The fourth-order valence-electron chi connectivity index (χ4n) is 4.78. The van der Waals surface area contributed by atoms with Gasteiger partial charge < -0.3 is 9.64 Å². The molecular formula is C26H31N3O4S. The number of hydrogen-bond donors (Lipinski definition) is 1. The Hall–Kier alpha value is -2.97. The number of sulfonamides is 1. The lowest BCUT2D eigenvalue weighted by atomic mass is 9.93. The van der Waals surface area contributed by atoms with Crippen LogP contribution in [0.5, 0.6) is 5.75 Å². The summed E-state index contributed by atoms with van der Waals surface area (Å²) in [4.78, 5) is 19.2. The second-order valence-electron chi connectivity index (χ2n) is 9.15. The molecule has 3 aromatic rings. The van der Waals surface area contributed by atoms with Crippen LogP contribution in [0.25, 0.3) is 22.0 Å².